The van der Waals surface area contributed by atoms with E-state index < -0.39 is 0 Å². The molecule has 1 aliphatic heterocycles. The van der Waals surface area contributed by atoms with E-state index in [4.69, 9.17) is 0 Å². The Morgan fingerprint density at radius 3 is 2.48 bits per heavy atom. The van der Waals surface area contributed by atoms with Gasteiger partial charge in [0.15, 0.2) is 6.54 Å². The van der Waals surface area contributed by atoms with Crippen LogP contribution < -0.4 is 0 Å². The Balaban J connectivity index is 1.73. The van der Waals surface area contributed by atoms with Gasteiger partial charge in [-0.3, -0.25) is 0 Å². The summed E-state index contributed by atoms with van der Waals surface area (Å²) < 4.78 is 1.06. The zero-order valence-corrected chi connectivity index (χ0v) is 17.8. The van der Waals surface area contributed by atoms with Crippen LogP contribution in [0.3, 0.4) is 0 Å². The normalized spacial score (nSPS) is 14.9. The fourth-order valence-electron chi connectivity index (χ4n) is 3.88. The molecule has 0 radical (unpaired) electrons. The Labute approximate surface area is 175 Å². The van der Waals surface area contributed by atoms with Crippen LogP contribution in [-0.2, 0) is 10.2 Å². The molecular formula is C25H24NO2S+. The quantitative estimate of drug-likeness (QED) is 0.316. The molecule has 0 saturated carbocycles. The summed E-state index contributed by atoms with van der Waals surface area (Å²) in [7, 11) is 0. The number of hydrogen-bond acceptors (Lipinski definition) is 3. The average Bonchev–Trinajstić information content (AvgIpc) is 2.73. The first kappa shape index (κ1) is 19.6. The molecule has 146 valence electrons. The molecule has 3 aromatic carbocycles. The summed E-state index contributed by atoms with van der Waals surface area (Å²) in [5.74, 6) is 0.858. The highest BCUT2D eigenvalue weighted by Gasteiger charge is 2.28. The van der Waals surface area contributed by atoms with Gasteiger partial charge in [0.25, 0.3) is 0 Å². The van der Waals surface area contributed by atoms with Crippen LogP contribution in [-0.4, -0.2) is 28.9 Å². The monoisotopic (exact) mass is 402 g/mol. The number of nitrogens with zero attached hydrogens (tertiary/aromatic N) is 1. The van der Waals surface area contributed by atoms with Crippen LogP contribution in [0.5, 0.6) is 0 Å². The molecule has 0 unspecified atom stereocenters. The third kappa shape index (κ3) is 3.66. The summed E-state index contributed by atoms with van der Waals surface area (Å²) in [5, 5.41) is 2.05. The van der Waals surface area contributed by atoms with Crippen LogP contribution in [0.2, 0.25) is 0 Å². The largest absolute Gasteiger partial charge is 0.433 e. The third-order valence-electron chi connectivity index (χ3n) is 5.79. The molecule has 0 aromatic heterocycles. The second-order valence-electron chi connectivity index (χ2n) is 8.11. The highest BCUT2D eigenvalue weighted by atomic mass is 32.2. The van der Waals surface area contributed by atoms with Crippen LogP contribution in [0.1, 0.15) is 43.1 Å². The average molecular weight is 403 g/mol. The Bertz CT molecular complexity index is 1170. The zero-order chi connectivity index (χ0) is 20.6. The minimum atomic E-state index is -0.317. The van der Waals surface area contributed by atoms with Gasteiger partial charge in [0, 0.05) is 4.90 Å². The molecule has 3 aromatic rings. The smallest absolute Gasteiger partial charge is 0.213 e. The highest BCUT2D eigenvalue weighted by Crippen LogP contribution is 2.43. The van der Waals surface area contributed by atoms with Gasteiger partial charge in [-0.15, -0.1) is 11.8 Å². The van der Waals surface area contributed by atoms with Crippen molar-refractivity contribution in [3.63, 3.8) is 0 Å². The van der Waals surface area contributed by atoms with Crippen molar-refractivity contribution < 1.29 is 14.2 Å². The topological polar surface area (TPSA) is 37.1 Å². The predicted octanol–water partition coefficient (Wildman–Crippen LogP) is 5.79. The van der Waals surface area contributed by atoms with Crippen LogP contribution in [0.4, 0.5) is 0 Å². The number of amides is 1. The van der Waals surface area contributed by atoms with Crippen molar-refractivity contribution in [3.8, 4) is 11.1 Å². The van der Waals surface area contributed by atoms with E-state index in [-0.39, 0.29) is 11.3 Å². The summed E-state index contributed by atoms with van der Waals surface area (Å²) in [5.41, 5.74) is 4.51. The predicted molar refractivity (Wildman–Crippen MR) is 119 cm³/mol. The van der Waals surface area contributed by atoms with Gasteiger partial charge < -0.3 is 0 Å². The number of benzene rings is 3. The number of isocyanates is 1. The molecule has 0 bridgehead atoms. The fourth-order valence-corrected chi connectivity index (χ4v) is 5.37. The van der Waals surface area contributed by atoms with Crippen molar-refractivity contribution in [2.45, 2.75) is 37.5 Å². The molecule has 3 nitrogen and oxygen atoms in total. The molecule has 0 atom stereocenters. The lowest BCUT2D eigenvalue weighted by Gasteiger charge is -2.32. The van der Waals surface area contributed by atoms with E-state index in [2.05, 4.69) is 44.2 Å². The molecule has 0 aliphatic carbocycles. The van der Waals surface area contributed by atoms with Crippen molar-refractivity contribution in [1.82, 2.24) is 0 Å². The molecule has 0 N–H and O–H groups in total. The molecular weight excluding hydrogens is 378 g/mol. The van der Waals surface area contributed by atoms with Gasteiger partial charge in [0.2, 0.25) is 0 Å². The first-order chi connectivity index (χ1) is 13.9. The Kier molecular flexibility index (Phi) is 5.16. The van der Waals surface area contributed by atoms with E-state index in [1.54, 1.807) is 19.1 Å². The van der Waals surface area contributed by atoms with Crippen LogP contribution in [0.15, 0.2) is 59.5 Å². The summed E-state index contributed by atoms with van der Waals surface area (Å²) in [4.78, 5) is 24.7. The Morgan fingerprint density at radius 1 is 1.03 bits per heavy atom. The van der Waals surface area contributed by atoms with Gasteiger partial charge in [-0.1, -0.05) is 42.7 Å². The van der Waals surface area contributed by atoms with Gasteiger partial charge in [-0.25, -0.2) is 4.79 Å². The van der Waals surface area contributed by atoms with Gasteiger partial charge in [0.1, 0.15) is 0 Å². The van der Waals surface area contributed by atoms with Crippen LogP contribution in [0.25, 0.3) is 21.9 Å². The highest BCUT2D eigenvalue weighted by molar-refractivity contribution is 7.99. The molecule has 0 fully saturated rings. The van der Waals surface area contributed by atoms with E-state index >= 15 is 0 Å². The maximum Gasteiger partial charge on any atom is 0.433 e. The van der Waals surface area contributed by atoms with E-state index in [9.17, 15) is 9.59 Å². The Hall–Kier alpha value is -2.68. The summed E-state index contributed by atoms with van der Waals surface area (Å²) >= 11 is 1.94. The SMILES string of the molecule is CC[N+](=C=O)C(=O)c1ccc2cc(-c3ccc4c(c3)C(C)(C)CCS4)ccc2c1. The van der Waals surface area contributed by atoms with Gasteiger partial charge in [-0.05, 0) is 82.3 Å². The number of fused-ring (bicyclic) bond motifs is 2. The first-order valence-corrected chi connectivity index (χ1v) is 10.9. The second-order valence-corrected chi connectivity index (χ2v) is 9.25. The standard InChI is InChI=1S/C25H24NO2S/c1-4-26(16-27)24(28)21-8-7-17-13-18(5-6-19(17)14-21)20-9-10-23-22(15-20)25(2,3)11-12-29-23/h5-10,13-15H,4,11-12H2,1-3H3/q+1. The number of thioether (sulfide) groups is 1. The van der Waals surface area contributed by atoms with Crippen molar-refractivity contribution in [1.29, 1.82) is 0 Å². The first-order valence-electron chi connectivity index (χ1n) is 9.94. The van der Waals surface area contributed by atoms with Gasteiger partial charge in [0.05, 0.1) is 5.56 Å². The van der Waals surface area contributed by atoms with Gasteiger partial charge >= 0.3 is 12.0 Å². The molecule has 1 amide bonds. The van der Waals surface area contributed by atoms with E-state index in [1.165, 1.54) is 33.8 Å². The Morgan fingerprint density at radius 2 is 1.72 bits per heavy atom. The maximum atomic E-state index is 12.4. The fraction of sp³-hybridized carbons (Fsp3) is 0.280. The molecule has 1 aliphatic rings. The molecule has 4 heteroatoms. The second kappa shape index (κ2) is 7.62. The number of hydrogen-bond donors (Lipinski definition) is 0. The summed E-state index contributed by atoms with van der Waals surface area (Å²) in [6, 6.07) is 18.7. The lowest BCUT2D eigenvalue weighted by atomic mass is 9.80. The number of carbonyl (C=O) groups excluding carboxylic acids is 2. The summed E-state index contributed by atoms with van der Waals surface area (Å²) in [6.07, 6.45) is 2.88. The number of rotatable bonds is 3. The third-order valence-corrected chi connectivity index (χ3v) is 6.86. The molecule has 1 heterocycles. The zero-order valence-electron chi connectivity index (χ0n) is 17.0. The van der Waals surface area contributed by atoms with E-state index in [0.29, 0.717) is 12.1 Å². The molecule has 0 spiro atoms. The van der Waals surface area contributed by atoms with Crippen molar-refractivity contribution in [2.24, 2.45) is 0 Å². The lowest BCUT2D eigenvalue weighted by Crippen LogP contribution is -2.22. The van der Waals surface area contributed by atoms with Crippen molar-refractivity contribution >= 4 is 34.5 Å². The van der Waals surface area contributed by atoms with Crippen LogP contribution in [0, 0.1) is 0 Å². The minimum Gasteiger partial charge on any atom is -0.213 e. The molecule has 4 rings (SSSR count). The maximum absolute atomic E-state index is 12.4. The van der Waals surface area contributed by atoms with Crippen molar-refractivity contribution in [3.05, 3.63) is 65.7 Å². The molecule has 0 saturated heterocycles. The van der Waals surface area contributed by atoms with Gasteiger partial charge in [-0.2, -0.15) is 4.79 Å². The number of carbonyl (C=O) groups is 1. The van der Waals surface area contributed by atoms with E-state index in [0.717, 1.165) is 15.3 Å². The van der Waals surface area contributed by atoms with Crippen molar-refractivity contribution in [2.75, 3.05) is 12.3 Å². The lowest BCUT2D eigenvalue weighted by molar-refractivity contribution is -0.421. The molecule has 29 heavy (non-hydrogen) atoms. The van der Waals surface area contributed by atoms with Crippen LogP contribution >= 0.6 is 11.8 Å². The van der Waals surface area contributed by atoms with E-state index in [1.807, 2.05) is 30.0 Å². The summed E-state index contributed by atoms with van der Waals surface area (Å²) in [6.45, 7) is 6.72. The minimum absolute atomic E-state index is 0.198.